The number of carbonyl (C=O) groups is 1. The average molecular weight is 582 g/mol. The number of methoxy groups -OCH3 is 2. The number of aromatic amines is 2. The Morgan fingerprint density at radius 1 is 0.884 bits per heavy atom. The molecule has 0 bridgehead atoms. The SMILES string of the molecule is COc1ccc(CN(C(=N)CCc2c[nH]c3ccccc23)C(=N)CNC(=O)CN)c(OC)c1.Cc1c[nH]c2ccccc12. The van der Waals surface area contributed by atoms with E-state index >= 15 is 0 Å². The van der Waals surface area contributed by atoms with Crippen molar-refractivity contribution in [3.8, 4) is 11.5 Å². The second-order valence-corrected chi connectivity index (χ2v) is 10.0. The molecule has 0 aliphatic carbocycles. The third kappa shape index (κ3) is 7.81. The lowest BCUT2D eigenvalue weighted by Gasteiger charge is -2.27. The number of aromatic nitrogens is 2. The predicted molar refractivity (Wildman–Crippen MR) is 172 cm³/mol. The number of ether oxygens (including phenoxy) is 2. The first-order valence-corrected chi connectivity index (χ1v) is 14.0. The van der Waals surface area contributed by atoms with Crippen molar-refractivity contribution in [3.05, 3.63) is 95.8 Å². The number of aryl methyl sites for hydroxylation is 2. The largest absolute Gasteiger partial charge is 0.497 e. The smallest absolute Gasteiger partial charge is 0.234 e. The van der Waals surface area contributed by atoms with Gasteiger partial charge in [-0.2, -0.15) is 0 Å². The highest BCUT2D eigenvalue weighted by Crippen LogP contribution is 2.26. The van der Waals surface area contributed by atoms with Crippen molar-refractivity contribution in [2.45, 2.75) is 26.3 Å². The van der Waals surface area contributed by atoms with E-state index in [0.717, 1.165) is 22.0 Å². The molecule has 0 fully saturated rings. The number of fused-ring (bicyclic) bond motifs is 2. The number of para-hydroxylation sites is 2. The van der Waals surface area contributed by atoms with E-state index in [2.05, 4.69) is 46.5 Å². The van der Waals surface area contributed by atoms with Gasteiger partial charge in [-0.15, -0.1) is 0 Å². The van der Waals surface area contributed by atoms with Crippen molar-refractivity contribution in [2.24, 2.45) is 5.73 Å². The molecular formula is C33H39N7O3. The summed E-state index contributed by atoms with van der Waals surface area (Å²) in [6.45, 7) is 2.18. The molecule has 2 heterocycles. The maximum absolute atomic E-state index is 11.6. The van der Waals surface area contributed by atoms with Gasteiger partial charge in [0.2, 0.25) is 5.91 Å². The van der Waals surface area contributed by atoms with Crippen LogP contribution in [0.15, 0.2) is 79.1 Å². The highest BCUT2D eigenvalue weighted by Gasteiger charge is 2.19. The molecule has 0 spiro atoms. The fourth-order valence-electron chi connectivity index (χ4n) is 4.80. The van der Waals surface area contributed by atoms with Gasteiger partial charge in [0.1, 0.15) is 23.2 Å². The van der Waals surface area contributed by atoms with E-state index in [1.165, 1.54) is 16.5 Å². The number of rotatable bonds is 10. The van der Waals surface area contributed by atoms with Crippen LogP contribution < -0.4 is 20.5 Å². The Balaban J connectivity index is 0.000000353. The highest BCUT2D eigenvalue weighted by molar-refractivity contribution is 6.00. The summed E-state index contributed by atoms with van der Waals surface area (Å²) in [5.41, 5.74) is 10.9. The topological polar surface area (TPSA) is 156 Å². The Morgan fingerprint density at radius 3 is 2.23 bits per heavy atom. The summed E-state index contributed by atoms with van der Waals surface area (Å²) < 4.78 is 10.8. The van der Waals surface area contributed by atoms with Gasteiger partial charge in [0.15, 0.2) is 0 Å². The van der Waals surface area contributed by atoms with E-state index in [1.807, 2.05) is 48.8 Å². The van der Waals surface area contributed by atoms with Crippen LogP contribution in [-0.2, 0) is 17.8 Å². The quantitative estimate of drug-likeness (QED) is 0.0997. The van der Waals surface area contributed by atoms with Gasteiger partial charge in [0, 0.05) is 52.3 Å². The van der Waals surface area contributed by atoms with E-state index in [4.69, 9.17) is 26.0 Å². The second-order valence-electron chi connectivity index (χ2n) is 10.0. The summed E-state index contributed by atoms with van der Waals surface area (Å²) in [6.07, 6.45) is 5.06. The van der Waals surface area contributed by atoms with Crippen LogP contribution in [0.2, 0.25) is 0 Å². The maximum atomic E-state index is 11.6. The summed E-state index contributed by atoms with van der Waals surface area (Å²) in [5, 5.41) is 22.3. The van der Waals surface area contributed by atoms with Gasteiger partial charge < -0.3 is 35.4 Å². The molecule has 0 unspecified atom stereocenters. The number of benzene rings is 3. The number of hydrogen-bond acceptors (Lipinski definition) is 6. The van der Waals surface area contributed by atoms with E-state index in [0.29, 0.717) is 24.3 Å². The zero-order valence-electron chi connectivity index (χ0n) is 24.8. The molecule has 0 aliphatic heterocycles. The first kappa shape index (κ1) is 30.9. The number of hydrogen-bond donors (Lipinski definition) is 6. The number of nitrogens with zero attached hydrogens (tertiary/aromatic N) is 1. The third-order valence-electron chi connectivity index (χ3n) is 7.21. The average Bonchev–Trinajstić information content (AvgIpc) is 3.64. The molecule has 0 saturated carbocycles. The lowest BCUT2D eigenvalue weighted by molar-refractivity contribution is -0.119. The fraction of sp³-hybridized carbons (Fsp3) is 0.242. The van der Waals surface area contributed by atoms with Crippen LogP contribution >= 0.6 is 0 Å². The summed E-state index contributed by atoms with van der Waals surface area (Å²) in [6, 6.07) is 21.8. The summed E-state index contributed by atoms with van der Waals surface area (Å²) >= 11 is 0. The maximum Gasteiger partial charge on any atom is 0.234 e. The van der Waals surface area contributed by atoms with Crippen LogP contribution in [0.3, 0.4) is 0 Å². The molecule has 0 atom stereocenters. The molecule has 0 radical (unpaired) electrons. The minimum atomic E-state index is -0.355. The highest BCUT2D eigenvalue weighted by atomic mass is 16.5. The van der Waals surface area contributed by atoms with Crippen LogP contribution in [0.25, 0.3) is 21.8 Å². The lowest BCUT2D eigenvalue weighted by atomic mass is 10.1. The Labute approximate surface area is 251 Å². The van der Waals surface area contributed by atoms with Gasteiger partial charge in [-0.05, 0) is 48.7 Å². The molecule has 224 valence electrons. The molecule has 43 heavy (non-hydrogen) atoms. The van der Waals surface area contributed by atoms with Gasteiger partial charge in [-0.3, -0.25) is 15.6 Å². The number of amides is 1. The molecule has 3 aromatic carbocycles. The molecule has 5 aromatic rings. The first-order chi connectivity index (χ1) is 20.8. The van der Waals surface area contributed by atoms with Crippen LogP contribution in [0.4, 0.5) is 0 Å². The summed E-state index contributed by atoms with van der Waals surface area (Å²) in [4.78, 5) is 19.6. The van der Waals surface area contributed by atoms with E-state index in [-0.39, 0.29) is 37.2 Å². The predicted octanol–water partition coefficient (Wildman–Crippen LogP) is 5.13. The Kier molecular flexibility index (Phi) is 10.5. The van der Waals surface area contributed by atoms with Crippen molar-refractivity contribution >= 4 is 39.4 Å². The zero-order chi connectivity index (χ0) is 30.8. The molecule has 0 saturated heterocycles. The fourth-order valence-corrected chi connectivity index (χ4v) is 4.80. The van der Waals surface area contributed by atoms with Gasteiger partial charge in [-0.25, -0.2) is 0 Å². The molecule has 5 rings (SSSR count). The van der Waals surface area contributed by atoms with Crippen LogP contribution in [-0.4, -0.2) is 59.8 Å². The van der Waals surface area contributed by atoms with Crippen LogP contribution in [0.1, 0.15) is 23.1 Å². The molecule has 10 nitrogen and oxygen atoms in total. The van der Waals surface area contributed by atoms with Crippen LogP contribution in [0, 0.1) is 17.7 Å². The van der Waals surface area contributed by atoms with Gasteiger partial charge >= 0.3 is 0 Å². The normalized spacial score (nSPS) is 10.6. The van der Waals surface area contributed by atoms with E-state index in [1.54, 1.807) is 25.2 Å². The Hall–Kier alpha value is -5.09. The molecule has 2 aromatic heterocycles. The molecule has 7 N–H and O–H groups in total. The Bertz CT molecular complexity index is 1710. The Morgan fingerprint density at radius 2 is 1.56 bits per heavy atom. The van der Waals surface area contributed by atoms with Crippen molar-refractivity contribution < 1.29 is 14.3 Å². The van der Waals surface area contributed by atoms with Crippen LogP contribution in [0.5, 0.6) is 11.5 Å². The molecular weight excluding hydrogens is 542 g/mol. The zero-order valence-corrected chi connectivity index (χ0v) is 24.8. The summed E-state index contributed by atoms with van der Waals surface area (Å²) in [5.74, 6) is 1.26. The second kappa shape index (κ2) is 14.7. The molecule has 10 heteroatoms. The minimum Gasteiger partial charge on any atom is -0.497 e. The molecule has 0 aliphatic rings. The lowest BCUT2D eigenvalue weighted by Crippen LogP contribution is -2.43. The number of carbonyl (C=O) groups excluding carboxylic acids is 1. The van der Waals surface area contributed by atoms with Crippen molar-refractivity contribution in [2.75, 3.05) is 27.3 Å². The van der Waals surface area contributed by atoms with Gasteiger partial charge in [-0.1, -0.05) is 36.4 Å². The molecule has 1 amide bonds. The number of amidine groups is 2. The van der Waals surface area contributed by atoms with E-state index < -0.39 is 0 Å². The third-order valence-corrected chi connectivity index (χ3v) is 7.21. The van der Waals surface area contributed by atoms with Crippen molar-refractivity contribution in [1.82, 2.24) is 20.2 Å². The van der Waals surface area contributed by atoms with Crippen molar-refractivity contribution in [3.63, 3.8) is 0 Å². The number of nitrogens with two attached hydrogens (primary N) is 1. The first-order valence-electron chi connectivity index (χ1n) is 14.0. The minimum absolute atomic E-state index is 0.0238. The van der Waals surface area contributed by atoms with E-state index in [9.17, 15) is 4.79 Å². The van der Waals surface area contributed by atoms with Gasteiger partial charge in [0.25, 0.3) is 0 Å². The number of H-pyrrole nitrogens is 2. The van der Waals surface area contributed by atoms with Crippen molar-refractivity contribution in [1.29, 1.82) is 10.8 Å². The monoisotopic (exact) mass is 581 g/mol. The standard InChI is InChI=1S/C24H30N6O3.C9H9N/c1-32-18-9-7-17(21(11-18)33-2)15-30(23(27)14-29-24(31)12-25)22(26)10-8-16-13-28-20-6-4-3-5-19(16)20;1-7-6-10-9-5-3-2-4-8(7)9/h3-7,9,11,13,26-28H,8,10,12,14-15,25H2,1-2H3,(H,29,31);2-6,10H,1H3. The summed E-state index contributed by atoms with van der Waals surface area (Å²) in [7, 11) is 3.15. The van der Waals surface area contributed by atoms with Gasteiger partial charge in [0.05, 0.1) is 33.9 Å². The number of nitrogens with one attached hydrogen (secondary N) is 5.